The Bertz CT molecular complexity index is 690. The highest BCUT2D eigenvalue weighted by molar-refractivity contribution is 5.92. The van der Waals surface area contributed by atoms with E-state index in [0.29, 0.717) is 24.4 Å². The Hall–Kier alpha value is -1.32. The predicted octanol–water partition coefficient (Wildman–Crippen LogP) is 4.42. The van der Waals surface area contributed by atoms with Gasteiger partial charge in [-0.25, -0.2) is 4.79 Å². The van der Waals surface area contributed by atoms with Crippen molar-refractivity contribution in [2.45, 2.75) is 79.2 Å². The number of esters is 2. The molecule has 0 aromatic heterocycles. The molecule has 0 radical (unpaired) electrons. The number of fused-ring (bicyclic) bond motifs is 4. The van der Waals surface area contributed by atoms with Gasteiger partial charge in [-0.3, -0.25) is 4.79 Å². The van der Waals surface area contributed by atoms with E-state index < -0.39 is 0 Å². The summed E-state index contributed by atoms with van der Waals surface area (Å²) < 4.78 is 11.3. The lowest BCUT2D eigenvalue weighted by atomic mass is 9.40. The molecule has 4 nitrogen and oxygen atoms in total. The minimum Gasteiger partial charge on any atom is -0.462 e. The molecule has 4 aliphatic rings. The quantitative estimate of drug-likeness (QED) is 0.649. The summed E-state index contributed by atoms with van der Waals surface area (Å²) in [5, 5.41) is 0. The molecule has 0 spiro atoms. The standard InChI is InChI=1S/C22H32O4/c1-13(23)26-16-11-14-15(12-25-19(14)24)21(4)10-7-17-20(2,3)8-6-9-22(17,5)18(16)21/h16-18H,6-12H2,1-5H3. The summed E-state index contributed by atoms with van der Waals surface area (Å²) in [7, 11) is 0. The molecule has 0 bridgehead atoms. The molecule has 26 heavy (non-hydrogen) atoms. The summed E-state index contributed by atoms with van der Waals surface area (Å²) in [4.78, 5) is 24.2. The van der Waals surface area contributed by atoms with Gasteiger partial charge in [-0.05, 0) is 53.4 Å². The molecule has 0 aromatic carbocycles. The molecule has 5 atom stereocenters. The zero-order chi connectivity index (χ0) is 18.9. The summed E-state index contributed by atoms with van der Waals surface area (Å²) in [5.74, 6) is 0.437. The highest BCUT2D eigenvalue weighted by atomic mass is 16.5. The molecule has 2 saturated carbocycles. The Morgan fingerprint density at radius 3 is 2.58 bits per heavy atom. The lowest BCUT2D eigenvalue weighted by molar-refractivity contribution is -0.184. The van der Waals surface area contributed by atoms with Gasteiger partial charge in [0.05, 0.1) is 0 Å². The number of ether oxygens (including phenoxy) is 2. The fourth-order valence-electron chi connectivity index (χ4n) is 7.55. The number of carbonyl (C=O) groups is 2. The van der Waals surface area contributed by atoms with Crippen molar-refractivity contribution in [1.82, 2.24) is 0 Å². The first-order chi connectivity index (χ1) is 12.1. The summed E-state index contributed by atoms with van der Waals surface area (Å²) in [5.41, 5.74) is 2.30. The molecule has 144 valence electrons. The van der Waals surface area contributed by atoms with Gasteiger partial charge in [0.1, 0.15) is 12.7 Å². The summed E-state index contributed by atoms with van der Waals surface area (Å²) in [6, 6.07) is 0. The highest BCUT2D eigenvalue weighted by Gasteiger charge is 2.64. The molecule has 0 amide bonds. The molecule has 3 aliphatic carbocycles. The Balaban J connectivity index is 1.84. The van der Waals surface area contributed by atoms with Gasteiger partial charge in [0.25, 0.3) is 0 Å². The van der Waals surface area contributed by atoms with Crippen molar-refractivity contribution in [3.05, 3.63) is 11.1 Å². The van der Waals surface area contributed by atoms with Crippen LogP contribution in [0.5, 0.6) is 0 Å². The van der Waals surface area contributed by atoms with E-state index in [4.69, 9.17) is 9.47 Å². The van der Waals surface area contributed by atoms with Crippen LogP contribution in [0.2, 0.25) is 0 Å². The second-order valence-electron chi connectivity index (χ2n) is 10.2. The molecule has 4 rings (SSSR count). The molecule has 5 unspecified atom stereocenters. The van der Waals surface area contributed by atoms with Crippen LogP contribution < -0.4 is 0 Å². The number of cyclic esters (lactones) is 1. The van der Waals surface area contributed by atoms with E-state index in [1.165, 1.54) is 38.2 Å². The third-order valence-corrected chi connectivity index (χ3v) is 8.37. The fourth-order valence-corrected chi connectivity index (χ4v) is 7.55. The lowest BCUT2D eigenvalue weighted by Gasteiger charge is -2.65. The predicted molar refractivity (Wildman–Crippen MR) is 98.2 cm³/mol. The van der Waals surface area contributed by atoms with Crippen molar-refractivity contribution in [1.29, 1.82) is 0 Å². The Labute approximate surface area is 156 Å². The average molecular weight is 360 g/mol. The zero-order valence-electron chi connectivity index (χ0n) is 16.8. The Kier molecular flexibility index (Phi) is 3.88. The number of rotatable bonds is 1. The van der Waals surface area contributed by atoms with Crippen LogP contribution in [-0.2, 0) is 19.1 Å². The topological polar surface area (TPSA) is 52.6 Å². The van der Waals surface area contributed by atoms with E-state index in [-0.39, 0.29) is 34.8 Å². The maximum absolute atomic E-state index is 12.3. The maximum Gasteiger partial charge on any atom is 0.334 e. The number of hydrogen-bond donors (Lipinski definition) is 0. The SMILES string of the molecule is CC(=O)OC1CC2=C(COC2=O)C2(C)CCC3C(C)(C)CCCC3(C)C12. The van der Waals surface area contributed by atoms with Gasteiger partial charge in [-0.1, -0.05) is 34.1 Å². The van der Waals surface area contributed by atoms with Gasteiger partial charge < -0.3 is 9.47 Å². The molecule has 4 heteroatoms. The van der Waals surface area contributed by atoms with E-state index in [1.54, 1.807) is 0 Å². The number of carbonyl (C=O) groups excluding carboxylic acids is 2. The minimum absolute atomic E-state index is 0.113. The smallest absolute Gasteiger partial charge is 0.334 e. The van der Waals surface area contributed by atoms with Crippen LogP contribution in [0.1, 0.15) is 73.1 Å². The minimum atomic E-state index is -0.242. The van der Waals surface area contributed by atoms with Gasteiger partial charge in [-0.2, -0.15) is 0 Å². The van der Waals surface area contributed by atoms with Crippen LogP contribution in [-0.4, -0.2) is 24.6 Å². The van der Waals surface area contributed by atoms with E-state index >= 15 is 0 Å². The largest absolute Gasteiger partial charge is 0.462 e. The molecule has 0 N–H and O–H groups in total. The normalized spacial score (nSPS) is 43.9. The van der Waals surface area contributed by atoms with Crippen molar-refractivity contribution < 1.29 is 19.1 Å². The van der Waals surface area contributed by atoms with Gasteiger partial charge in [0.2, 0.25) is 0 Å². The first kappa shape index (κ1) is 18.1. The van der Waals surface area contributed by atoms with Crippen LogP contribution >= 0.6 is 0 Å². The molecular formula is C22H32O4. The molecule has 0 aromatic rings. The van der Waals surface area contributed by atoms with Crippen molar-refractivity contribution in [2.24, 2.45) is 28.1 Å². The van der Waals surface area contributed by atoms with Gasteiger partial charge in [0.15, 0.2) is 0 Å². The van der Waals surface area contributed by atoms with Gasteiger partial charge in [-0.15, -0.1) is 0 Å². The van der Waals surface area contributed by atoms with Crippen molar-refractivity contribution >= 4 is 11.9 Å². The van der Waals surface area contributed by atoms with Crippen molar-refractivity contribution in [2.75, 3.05) is 6.61 Å². The first-order valence-corrected chi connectivity index (χ1v) is 10.2. The fraction of sp³-hybridized carbons (Fsp3) is 0.818. The monoisotopic (exact) mass is 360 g/mol. The second-order valence-corrected chi connectivity index (χ2v) is 10.2. The highest BCUT2D eigenvalue weighted by Crippen LogP contribution is 2.69. The Morgan fingerprint density at radius 1 is 1.15 bits per heavy atom. The van der Waals surface area contributed by atoms with Gasteiger partial charge in [0, 0.05) is 24.8 Å². The second kappa shape index (κ2) is 5.59. The molecular weight excluding hydrogens is 328 g/mol. The zero-order valence-corrected chi connectivity index (χ0v) is 16.8. The van der Waals surface area contributed by atoms with Crippen molar-refractivity contribution in [3.63, 3.8) is 0 Å². The van der Waals surface area contributed by atoms with Crippen LogP contribution in [0.4, 0.5) is 0 Å². The third-order valence-electron chi connectivity index (χ3n) is 8.37. The average Bonchev–Trinajstić information content (AvgIpc) is 2.87. The van der Waals surface area contributed by atoms with Crippen LogP contribution in [0.3, 0.4) is 0 Å². The third kappa shape index (κ3) is 2.33. The molecule has 0 saturated heterocycles. The number of hydrogen-bond acceptors (Lipinski definition) is 4. The van der Waals surface area contributed by atoms with E-state index in [1.807, 2.05) is 0 Å². The summed E-state index contributed by atoms with van der Waals surface area (Å²) >= 11 is 0. The first-order valence-electron chi connectivity index (χ1n) is 10.2. The summed E-state index contributed by atoms with van der Waals surface area (Å²) in [6.45, 7) is 11.5. The van der Waals surface area contributed by atoms with Crippen molar-refractivity contribution in [3.8, 4) is 0 Å². The molecule has 1 heterocycles. The van der Waals surface area contributed by atoms with Crippen LogP contribution in [0.25, 0.3) is 0 Å². The maximum atomic E-state index is 12.3. The summed E-state index contributed by atoms with van der Waals surface area (Å²) in [6.07, 6.45) is 6.20. The molecule has 1 aliphatic heterocycles. The Morgan fingerprint density at radius 2 is 1.88 bits per heavy atom. The molecule has 2 fully saturated rings. The van der Waals surface area contributed by atoms with E-state index in [2.05, 4.69) is 27.7 Å². The van der Waals surface area contributed by atoms with E-state index in [0.717, 1.165) is 12.0 Å². The van der Waals surface area contributed by atoms with Crippen LogP contribution in [0.15, 0.2) is 11.1 Å². The van der Waals surface area contributed by atoms with Gasteiger partial charge >= 0.3 is 11.9 Å². The lowest BCUT2D eigenvalue weighted by Crippen LogP contribution is -2.60. The van der Waals surface area contributed by atoms with Crippen LogP contribution in [0, 0.1) is 28.1 Å². The van der Waals surface area contributed by atoms with E-state index in [9.17, 15) is 9.59 Å².